The molecule has 2 atom stereocenters. The van der Waals surface area contributed by atoms with Crippen LogP contribution in [0.15, 0.2) is 27.8 Å². The van der Waals surface area contributed by atoms with Crippen molar-refractivity contribution in [3.8, 4) is 0 Å². The molecule has 3 rings (SSSR count). The van der Waals surface area contributed by atoms with Gasteiger partial charge in [0, 0.05) is 22.6 Å². The van der Waals surface area contributed by atoms with E-state index in [1.165, 1.54) is 37.8 Å². The van der Waals surface area contributed by atoms with Crippen LogP contribution in [0, 0.1) is 5.92 Å². The highest BCUT2D eigenvalue weighted by atomic mass is 79.9. The fourth-order valence-electron chi connectivity index (χ4n) is 3.66. The number of amidine groups is 1. The van der Waals surface area contributed by atoms with Gasteiger partial charge in [-0.1, -0.05) is 18.0 Å². The quantitative estimate of drug-likeness (QED) is 0.376. The molecule has 1 aromatic rings. The molecule has 0 aromatic heterocycles. The third-order valence-corrected chi connectivity index (χ3v) is 5.31. The fourth-order valence-corrected chi connectivity index (χ4v) is 4.27. The molecular weight excluding hydrogens is 318 g/mol. The molecule has 0 bridgehead atoms. The Bertz CT molecular complexity index is 532. The highest BCUT2D eigenvalue weighted by molar-refractivity contribution is 9.10. The summed E-state index contributed by atoms with van der Waals surface area (Å²) in [5.74, 6) is 1.01. The van der Waals surface area contributed by atoms with Crippen molar-refractivity contribution >= 4 is 27.5 Å². The molecule has 2 aliphatic rings. The Balaban J connectivity index is 1.87. The smallest absolute Gasteiger partial charge is 0.170 e. The predicted octanol–water partition coefficient (Wildman–Crippen LogP) is 3.31. The molecule has 5 heteroatoms. The number of nitrogens with two attached hydrogens (primary N) is 1. The maximum atomic E-state index is 8.75. The molecule has 20 heavy (non-hydrogen) atoms. The summed E-state index contributed by atoms with van der Waals surface area (Å²) in [6.07, 6.45) is 6.72. The Morgan fingerprint density at radius 2 is 2.10 bits per heavy atom. The second-order valence-electron chi connectivity index (χ2n) is 5.75. The number of nitrogens with zero attached hydrogens (tertiary/aromatic N) is 2. The van der Waals surface area contributed by atoms with Crippen molar-refractivity contribution in [2.24, 2.45) is 16.8 Å². The second kappa shape index (κ2) is 5.64. The van der Waals surface area contributed by atoms with E-state index in [0.717, 1.165) is 22.5 Å². The number of hydrogen-bond acceptors (Lipinski definition) is 3. The Labute approximate surface area is 127 Å². The third kappa shape index (κ3) is 2.39. The summed E-state index contributed by atoms with van der Waals surface area (Å²) >= 11 is 3.64. The lowest BCUT2D eigenvalue weighted by molar-refractivity contribution is 0.318. The van der Waals surface area contributed by atoms with Crippen LogP contribution in [-0.2, 0) is 0 Å². The van der Waals surface area contributed by atoms with Gasteiger partial charge < -0.3 is 15.8 Å². The maximum Gasteiger partial charge on any atom is 0.170 e. The van der Waals surface area contributed by atoms with Crippen LogP contribution < -0.4 is 10.6 Å². The van der Waals surface area contributed by atoms with Crippen LogP contribution >= 0.6 is 15.9 Å². The molecule has 2 fully saturated rings. The van der Waals surface area contributed by atoms with Gasteiger partial charge >= 0.3 is 0 Å². The fraction of sp³-hybridized carbons (Fsp3) is 0.533. The van der Waals surface area contributed by atoms with Gasteiger partial charge in [0.1, 0.15) is 0 Å². The summed E-state index contributed by atoms with van der Waals surface area (Å²) in [6, 6.07) is 6.62. The lowest BCUT2D eigenvalue weighted by atomic mass is 9.85. The van der Waals surface area contributed by atoms with Crippen molar-refractivity contribution < 1.29 is 5.21 Å². The first-order valence-corrected chi connectivity index (χ1v) is 8.04. The van der Waals surface area contributed by atoms with Gasteiger partial charge in [-0.2, -0.15) is 0 Å². The number of rotatable bonds is 2. The number of benzene rings is 1. The van der Waals surface area contributed by atoms with E-state index >= 15 is 0 Å². The lowest BCUT2D eigenvalue weighted by Gasteiger charge is -2.33. The van der Waals surface area contributed by atoms with Crippen molar-refractivity contribution in [3.05, 3.63) is 28.2 Å². The van der Waals surface area contributed by atoms with Crippen molar-refractivity contribution in [3.63, 3.8) is 0 Å². The number of anilines is 1. The van der Waals surface area contributed by atoms with Crippen LogP contribution in [0.5, 0.6) is 0 Å². The highest BCUT2D eigenvalue weighted by Gasteiger charge is 2.36. The number of fused-ring (bicyclic) bond motifs is 1. The Kier molecular flexibility index (Phi) is 3.87. The molecule has 1 aliphatic carbocycles. The standard InChI is InChI=1S/C15H20BrN3O/c16-12-9-11(15(17)18-20)5-6-14(12)19-8-7-10-3-1-2-4-13(10)19/h5-6,9-10,13,20H,1-4,7-8H2,(H2,17,18). The van der Waals surface area contributed by atoms with E-state index in [0.29, 0.717) is 6.04 Å². The second-order valence-corrected chi connectivity index (χ2v) is 6.60. The summed E-state index contributed by atoms with van der Waals surface area (Å²) in [5.41, 5.74) is 7.61. The third-order valence-electron chi connectivity index (χ3n) is 4.67. The SMILES string of the molecule is N/C(=N/O)c1ccc(N2CCC3CCCCC32)c(Br)c1. The zero-order valence-electron chi connectivity index (χ0n) is 11.4. The average Bonchev–Trinajstić information content (AvgIpc) is 2.90. The van der Waals surface area contributed by atoms with Gasteiger partial charge in [0.2, 0.25) is 0 Å². The Morgan fingerprint density at radius 1 is 1.30 bits per heavy atom. The van der Waals surface area contributed by atoms with Crippen LogP contribution in [0.4, 0.5) is 5.69 Å². The van der Waals surface area contributed by atoms with Crippen molar-refractivity contribution in [2.75, 3.05) is 11.4 Å². The van der Waals surface area contributed by atoms with E-state index in [-0.39, 0.29) is 5.84 Å². The van der Waals surface area contributed by atoms with Gasteiger partial charge in [0.15, 0.2) is 5.84 Å². The number of oxime groups is 1. The Morgan fingerprint density at radius 3 is 2.85 bits per heavy atom. The van der Waals surface area contributed by atoms with E-state index in [1.807, 2.05) is 12.1 Å². The minimum Gasteiger partial charge on any atom is -0.409 e. The van der Waals surface area contributed by atoms with Gasteiger partial charge in [-0.25, -0.2) is 0 Å². The minimum absolute atomic E-state index is 0.147. The van der Waals surface area contributed by atoms with Crippen LogP contribution in [0.3, 0.4) is 0 Å². The Hall–Kier alpha value is -1.23. The minimum atomic E-state index is 0.147. The van der Waals surface area contributed by atoms with Gasteiger partial charge in [0.05, 0.1) is 5.69 Å². The van der Waals surface area contributed by atoms with Crippen molar-refractivity contribution in [1.29, 1.82) is 0 Å². The molecule has 108 valence electrons. The van der Waals surface area contributed by atoms with E-state index in [1.54, 1.807) is 0 Å². The van der Waals surface area contributed by atoms with E-state index in [4.69, 9.17) is 10.9 Å². The summed E-state index contributed by atoms with van der Waals surface area (Å²) in [6.45, 7) is 1.14. The molecule has 1 aromatic carbocycles. The summed E-state index contributed by atoms with van der Waals surface area (Å²) in [4.78, 5) is 2.53. The normalized spacial score (nSPS) is 26.6. The molecule has 1 heterocycles. The maximum absolute atomic E-state index is 8.75. The predicted molar refractivity (Wildman–Crippen MR) is 84.4 cm³/mol. The highest BCUT2D eigenvalue weighted by Crippen LogP contribution is 2.41. The molecule has 0 amide bonds. The van der Waals surface area contributed by atoms with Gasteiger partial charge in [-0.3, -0.25) is 0 Å². The number of hydrogen-bond donors (Lipinski definition) is 2. The molecule has 1 saturated heterocycles. The first-order valence-electron chi connectivity index (χ1n) is 7.25. The molecule has 1 aliphatic heterocycles. The monoisotopic (exact) mass is 337 g/mol. The first kappa shape index (κ1) is 13.7. The van der Waals surface area contributed by atoms with Crippen molar-refractivity contribution in [1.82, 2.24) is 0 Å². The summed E-state index contributed by atoms with van der Waals surface area (Å²) in [5, 5.41) is 11.8. The van der Waals surface area contributed by atoms with Crippen LogP contribution in [-0.4, -0.2) is 23.6 Å². The first-order chi connectivity index (χ1) is 9.70. The zero-order valence-corrected chi connectivity index (χ0v) is 13.0. The molecule has 0 spiro atoms. The van der Waals surface area contributed by atoms with Crippen LogP contribution in [0.1, 0.15) is 37.7 Å². The van der Waals surface area contributed by atoms with E-state index < -0.39 is 0 Å². The molecule has 2 unspecified atom stereocenters. The summed E-state index contributed by atoms with van der Waals surface area (Å²) < 4.78 is 1.02. The molecule has 0 radical (unpaired) electrons. The topological polar surface area (TPSA) is 61.9 Å². The molecule has 1 saturated carbocycles. The average molecular weight is 338 g/mol. The van der Waals surface area contributed by atoms with Gasteiger partial charge in [-0.15, -0.1) is 0 Å². The molecular formula is C15H20BrN3O. The molecule has 3 N–H and O–H groups in total. The van der Waals surface area contributed by atoms with Gasteiger partial charge in [0.25, 0.3) is 0 Å². The van der Waals surface area contributed by atoms with E-state index in [9.17, 15) is 0 Å². The zero-order chi connectivity index (χ0) is 14.1. The van der Waals surface area contributed by atoms with Crippen LogP contribution in [0.25, 0.3) is 0 Å². The summed E-state index contributed by atoms with van der Waals surface area (Å²) in [7, 11) is 0. The number of halogens is 1. The van der Waals surface area contributed by atoms with E-state index in [2.05, 4.69) is 32.1 Å². The van der Waals surface area contributed by atoms with Gasteiger partial charge in [-0.05, 0) is 59.3 Å². The molecule has 4 nitrogen and oxygen atoms in total. The largest absolute Gasteiger partial charge is 0.409 e. The van der Waals surface area contributed by atoms with Crippen molar-refractivity contribution in [2.45, 2.75) is 38.1 Å². The van der Waals surface area contributed by atoms with Crippen LogP contribution in [0.2, 0.25) is 0 Å². The lowest BCUT2D eigenvalue weighted by Crippen LogP contribution is -2.34.